The second-order valence-electron chi connectivity index (χ2n) is 10.4. The van der Waals surface area contributed by atoms with Crippen molar-refractivity contribution in [3.8, 4) is 11.5 Å². The van der Waals surface area contributed by atoms with Gasteiger partial charge < -0.3 is 34.2 Å². The highest BCUT2D eigenvalue weighted by Crippen LogP contribution is 2.31. The third kappa shape index (κ3) is 12.8. The highest BCUT2D eigenvalue weighted by molar-refractivity contribution is 5.81. The molecule has 1 aromatic carbocycles. The van der Waals surface area contributed by atoms with Gasteiger partial charge in [-0.3, -0.25) is 9.59 Å². The number of carbonyl (C=O) groups excluding carboxylic acids is 4. The molecule has 1 aromatic rings. The Hall–Kier alpha value is -3.34. The summed E-state index contributed by atoms with van der Waals surface area (Å²) in [4.78, 5) is 48.9. The number of ether oxygens (including phenoxy) is 6. The predicted octanol–water partition coefficient (Wildman–Crippen LogP) is 4.81. The van der Waals surface area contributed by atoms with Gasteiger partial charge in [0.25, 0.3) is 0 Å². The zero-order valence-corrected chi connectivity index (χ0v) is 24.1. The zero-order valence-electron chi connectivity index (χ0n) is 24.1. The number of esters is 2. The maximum atomic E-state index is 12.6. The molecular formula is C28H43NO10. The molecule has 0 heterocycles. The fraction of sp³-hybridized carbons (Fsp3) is 0.643. The topological polar surface area (TPSA) is 150 Å². The summed E-state index contributed by atoms with van der Waals surface area (Å²) in [6.07, 6.45) is -0.743. The van der Waals surface area contributed by atoms with E-state index < -0.39 is 29.8 Å². The first kappa shape index (κ1) is 33.7. The van der Waals surface area contributed by atoms with Crippen LogP contribution in [0.1, 0.15) is 66.4 Å². The van der Waals surface area contributed by atoms with Crippen molar-refractivity contribution >= 4 is 24.2 Å². The maximum absolute atomic E-state index is 12.6. The van der Waals surface area contributed by atoms with E-state index in [1.165, 1.54) is 19.2 Å². The van der Waals surface area contributed by atoms with Gasteiger partial charge in [0, 0.05) is 12.8 Å². The summed E-state index contributed by atoms with van der Waals surface area (Å²) in [5.41, 5.74) is 5.29. The van der Waals surface area contributed by atoms with E-state index in [9.17, 15) is 19.2 Å². The van der Waals surface area contributed by atoms with Gasteiger partial charge in [0.1, 0.15) is 5.54 Å². The molecule has 2 N–H and O–H groups in total. The van der Waals surface area contributed by atoms with Crippen LogP contribution in [-0.4, -0.2) is 56.7 Å². The predicted molar refractivity (Wildman–Crippen MR) is 142 cm³/mol. The Bertz CT molecular complexity index is 960. The first-order chi connectivity index (χ1) is 18.3. The van der Waals surface area contributed by atoms with E-state index in [0.717, 1.165) is 0 Å². The van der Waals surface area contributed by atoms with Crippen LogP contribution in [0.5, 0.6) is 11.5 Å². The van der Waals surface area contributed by atoms with E-state index in [-0.39, 0.29) is 50.1 Å². The molecule has 0 fully saturated rings. The lowest BCUT2D eigenvalue weighted by Crippen LogP contribution is -2.51. The van der Waals surface area contributed by atoms with Gasteiger partial charge >= 0.3 is 24.2 Å². The van der Waals surface area contributed by atoms with Crippen molar-refractivity contribution in [1.82, 2.24) is 0 Å². The van der Waals surface area contributed by atoms with Crippen molar-refractivity contribution in [2.24, 2.45) is 23.5 Å². The van der Waals surface area contributed by atoms with Crippen LogP contribution in [-0.2, 0) is 35.0 Å². The molecule has 0 aliphatic carbocycles. The lowest BCUT2D eigenvalue weighted by atomic mass is 9.88. The Balaban J connectivity index is 3.13. The third-order valence-electron chi connectivity index (χ3n) is 5.60. The molecule has 0 aliphatic heterocycles. The molecule has 220 valence electrons. The first-order valence-electron chi connectivity index (χ1n) is 13.1. The SMILES string of the molecule is COC(=O)C(N)(CCOC(=O)C(C)C)Cc1ccc(OC(=O)OCCC(C)C)c(OC(=O)OCCC(C)C)c1. The lowest BCUT2D eigenvalue weighted by Gasteiger charge is -2.27. The molecule has 0 saturated heterocycles. The summed E-state index contributed by atoms with van der Waals surface area (Å²) in [5.74, 6) is -1.03. The smallest absolute Gasteiger partial charge is 0.468 e. The van der Waals surface area contributed by atoms with Crippen LogP contribution in [0, 0.1) is 17.8 Å². The summed E-state index contributed by atoms with van der Waals surface area (Å²) in [6.45, 7) is 11.5. The minimum atomic E-state index is -1.56. The summed E-state index contributed by atoms with van der Waals surface area (Å²) < 4.78 is 30.9. The number of benzene rings is 1. The summed E-state index contributed by atoms with van der Waals surface area (Å²) >= 11 is 0. The van der Waals surface area contributed by atoms with Gasteiger partial charge in [0.2, 0.25) is 0 Å². The second-order valence-corrected chi connectivity index (χ2v) is 10.4. The minimum absolute atomic E-state index is 0.0218. The number of methoxy groups -OCH3 is 1. The van der Waals surface area contributed by atoms with Gasteiger partial charge in [0.05, 0.1) is 32.8 Å². The van der Waals surface area contributed by atoms with Crippen molar-refractivity contribution in [2.45, 2.75) is 72.8 Å². The summed E-state index contributed by atoms with van der Waals surface area (Å²) in [7, 11) is 1.20. The number of rotatable bonds is 15. The van der Waals surface area contributed by atoms with Gasteiger partial charge in [-0.1, -0.05) is 47.6 Å². The van der Waals surface area contributed by atoms with Crippen LogP contribution in [0.25, 0.3) is 0 Å². The lowest BCUT2D eigenvalue weighted by molar-refractivity contribution is -0.152. The van der Waals surface area contributed by atoms with Crippen LogP contribution in [0.3, 0.4) is 0 Å². The Morgan fingerprint density at radius 3 is 1.82 bits per heavy atom. The van der Waals surface area contributed by atoms with Crippen LogP contribution in [0.2, 0.25) is 0 Å². The summed E-state index contributed by atoms with van der Waals surface area (Å²) in [5, 5.41) is 0. The first-order valence-corrected chi connectivity index (χ1v) is 13.1. The average Bonchev–Trinajstić information content (AvgIpc) is 2.84. The molecule has 11 nitrogen and oxygen atoms in total. The number of carbonyl (C=O) groups is 4. The highest BCUT2D eigenvalue weighted by Gasteiger charge is 2.36. The van der Waals surface area contributed by atoms with Crippen LogP contribution in [0.4, 0.5) is 9.59 Å². The molecule has 0 saturated carbocycles. The van der Waals surface area contributed by atoms with Crippen molar-refractivity contribution in [1.29, 1.82) is 0 Å². The third-order valence-corrected chi connectivity index (χ3v) is 5.60. The summed E-state index contributed by atoms with van der Waals surface area (Å²) in [6, 6.07) is 4.36. The van der Waals surface area contributed by atoms with E-state index in [0.29, 0.717) is 30.2 Å². The highest BCUT2D eigenvalue weighted by atomic mass is 16.7. The number of hydrogen-bond donors (Lipinski definition) is 1. The molecule has 0 aliphatic rings. The molecule has 1 unspecified atom stereocenters. The molecule has 39 heavy (non-hydrogen) atoms. The standard InChI is InChI=1S/C28H43NO10/c1-18(2)10-13-36-26(32)38-22-9-8-21(16-23(22)39-27(33)37-14-11-19(3)4)17-28(29,25(31)34-7)12-15-35-24(30)20(5)6/h8-9,16,18-20H,10-15,17,29H2,1-7H3. The fourth-order valence-corrected chi connectivity index (χ4v) is 3.15. The van der Waals surface area contributed by atoms with Gasteiger partial charge in [0.15, 0.2) is 11.5 Å². The van der Waals surface area contributed by atoms with E-state index in [2.05, 4.69) is 0 Å². The van der Waals surface area contributed by atoms with E-state index in [4.69, 9.17) is 34.2 Å². The normalized spacial score (nSPS) is 12.6. The Morgan fingerprint density at radius 1 is 0.795 bits per heavy atom. The molecule has 11 heteroatoms. The molecule has 0 radical (unpaired) electrons. The van der Waals surface area contributed by atoms with E-state index >= 15 is 0 Å². The van der Waals surface area contributed by atoms with E-state index in [1.54, 1.807) is 19.9 Å². The van der Waals surface area contributed by atoms with Crippen LogP contribution < -0.4 is 15.2 Å². The zero-order chi connectivity index (χ0) is 29.6. The van der Waals surface area contributed by atoms with Gasteiger partial charge in [-0.25, -0.2) is 9.59 Å². The molecule has 0 aromatic heterocycles. The molecule has 0 spiro atoms. The molecule has 1 atom stereocenters. The minimum Gasteiger partial charge on any atom is -0.468 e. The quantitative estimate of drug-likeness (QED) is 0.181. The van der Waals surface area contributed by atoms with Crippen LogP contribution in [0.15, 0.2) is 18.2 Å². The Kier molecular flexibility index (Phi) is 14.3. The van der Waals surface area contributed by atoms with Crippen LogP contribution >= 0.6 is 0 Å². The fourth-order valence-electron chi connectivity index (χ4n) is 3.15. The largest absolute Gasteiger partial charge is 0.513 e. The van der Waals surface area contributed by atoms with Crippen molar-refractivity contribution in [3.05, 3.63) is 23.8 Å². The molecule has 1 rings (SSSR count). The monoisotopic (exact) mass is 553 g/mol. The Labute approximate surface area is 230 Å². The van der Waals surface area contributed by atoms with Gasteiger partial charge in [-0.15, -0.1) is 0 Å². The number of nitrogens with two attached hydrogens (primary N) is 1. The number of hydrogen-bond acceptors (Lipinski definition) is 11. The van der Waals surface area contributed by atoms with Crippen molar-refractivity contribution < 1.29 is 47.6 Å². The van der Waals surface area contributed by atoms with Gasteiger partial charge in [-0.2, -0.15) is 0 Å². The van der Waals surface area contributed by atoms with Gasteiger partial charge in [-0.05, 0) is 42.4 Å². The maximum Gasteiger partial charge on any atom is 0.513 e. The second kappa shape index (κ2) is 16.6. The average molecular weight is 554 g/mol. The van der Waals surface area contributed by atoms with Crippen molar-refractivity contribution in [2.75, 3.05) is 26.9 Å². The van der Waals surface area contributed by atoms with Crippen molar-refractivity contribution in [3.63, 3.8) is 0 Å². The van der Waals surface area contributed by atoms with E-state index in [1.807, 2.05) is 27.7 Å². The molecular weight excluding hydrogens is 510 g/mol. The molecule has 0 amide bonds. The Morgan fingerprint density at radius 2 is 1.33 bits per heavy atom. The molecule has 0 bridgehead atoms.